The summed E-state index contributed by atoms with van der Waals surface area (Å²) in [6.45, 7) is 2.88. The molecule has 5 rings (SSSR count). The minimum Gasteiger partial charge on any atom is -0.507 e. The normalized spacial score (nSPS) is 40.9. The minimum absolute atomic E-state index is 0.0605. The molecule has 1 aromatic carbocycles. The molecule has 0 amide bonds. The van der Waals surface area contributed by atoms with Crippen LogP contribution in [0, 0.1) is 0 Å². The summed E-state index contributed by atoms with van der Waals surface area (Å²) in [6, 6.07) is 2.60. The van der Waals surface area contributed by atoms with Gasteiger partial charge in [0.1, 0.15) is 17.5 Å². The summed E-state index contributed by atoms with van der Waals surface area (Å²) < 4.78 is 5.70. The van der Waals surface area contributed by atoms with Gasteiger partial charge in [-0.3, -0.25) is 14.4 Å². The van der Waals surface area contributed by atoms with Crippen LogP contribution in [0.3, 0.4) is 0 Å². The van der Waals surface area contributed by atoms with Crippen LogP contribution in [-0.2, 0) is 9.53 Å². The minimum atomic E-state index is -2.75. The Morgan fingerprint density at radius 1 is 1.06 bits per heavy atom. The van der Waals surface area contributed by atoms with Gasteiger partial charge in [-0.2, -0.15) is 0 Å². The molecule has 4 aliphatic rings. The number of ether oxygens (including phenoxy) is 1. The molecule has 0 bridgehead atoms. The largest absolute Gasteiger partial charge is 0.507 e. The van der Waals surface area contributed by atoms with Crippen molar-refractivity contribution in [2.45, 2.75) is 74.3 Å². The number of rotatable bonds is 1. The predicted octanol–water partition coefficient (Wildman–Crippen LogP) is -0.215. The third kappa shape index (κ3) is 3.15. The van der Waals surface area contributed by atoms with E-state index in [0.717, 1.165) is 12.2 Å². The number of benzene rings is 1. The molecule has 6 N–H and O–H groups in total. The van der Waals surface area contributed by atoms with E-state index in [1.54, 1.807) is 6.92 Å². The average molecular weight is 486 g/mol. The highest BCUT2D eigenvalue weighted by atomic mass is 16.5. The van der Waals surface area contributed by atoms with Crippen LogP contribution in [0.5, 0.6) is 5.75 Å². The summed E-state index contributed by atoms with van der Waals surface area (Å²) in [6.07, 6.45) is -2.78. The lowest BCUT2D eigenvalue weighted by atomic mass is 9.57. The highest BCUT2D eigenvalue weighted by Gasteiger charge is 2.66. The van der Waals surface area contributed by atoms with E-state index in [2.05, 4.69) is 0 Å². The first-order valence-corrected chi connectivity index (χ1v) is 11.3. The summed E-state index contributed by atoms with van der Waals surface area (Å²) >= 11 is 0. The first-order valence-electron chi connectivity index (χ1n) is 11.3. The van der Waals surface area contributed by atoms with E-state index < -0.39 is 82.7 Å². The molecule has 0 radical (unpaired) electrons. The Hall–Kier alpha value is -2.73. The van der Waals surface area contributed by atoms with Gasteiger partial charge in [-0.25, -0.2) is 0 Å². The van der Waals surface area contributed by atoms with Crippen LogP contribution in [-0.4, -0.2) is 83.1 Å². The molecule has 1 aromatic rings. The number of allylic oxidation sites excluding steroid dienone is 2. The fraction of sp³-hybridized carbons (Fsp3) is 0.480. The van der Waals surface area contributed by atoms with Crippen LogP contribution in [0.2, 0.25) is 0 Å². The second kappa shape index (κ2) is 7.39. The third-order valence-electron chi connectivity index (χ3n) is 7.59. The number of carbonyl (C=O) groups excluding carboxylic acids is 3. The Bertz CT molecular complexity index is 1230. The van der Waals surface area contributed by atoms with Crippen molar-refractivity contribution in [3.05, 3.63) is 52.1 Å². The highest BCUT2D eigenvalue weighted by molar-refractivity contribution is 6.31. The summed E-state index contributed by atoms with van der Waals surface area (Å²) in [5.41, 5.74) is -8.12. The molecule has 10 nitrogen and oxygen atoms in total. The maximum Gasteiger partial charge on any atom is 0.198 e. The van der Waals surface area contributed by atoms with Crippen molar-refractivity contribution in [1.29, 1.82) is 0 Å². The van der Waals surface area contributed by atoms with Crippen molar-refractivity contribution < 1.29 is 49.8 Å². The van der Waals surface area contributed by atoms with Crippen LogP contribution in [0.15, 0.2) is 35.4 Å². The summed E-state index contributed by atoms with van der Waals surface area (Å²) in [5.74, 6) is -3.30. The number of aliphatic hydroxyl groups is 5. The number of hydrogen-bond donors (Lipinski definition) is 6. The quantitative estimate of drug-likeness (QED) is 0.311. The Kier molecular flexibility index (Phi) is 5.06. The second-order valence-corrected chi connectivity index (χ2v) is 10.2. The molecule has 0 unspecified atom stereocenters. The summed E-state index contributed by atoms with van der Waals surface area (Å²) in [7, 11) is 0. The summed E-state index contributed by atoms with van der Waals surface area (Å²) in [5, 5.41) is 64.1. The van der Waals surface area contributed by atoms with E-state index in [4.69, 9.17) is 4.74 Å². The van der Waals surface area contributed by atoms with E-state index in [1.807, 2.05) is 0 Å². The molecule has 35 heavy (non-hydrogen) atoms. The fourth-order valence-electron chi connectivity index (χ4n) is 5.82. The zero-order valence-electron chi connectivity index (χ0n) is 19.1. The lowest BCUT2D eigenvalue weighted by Crippen LogP contribution is -2.69. The van der Waals surface area contributed by atoms with Crippen molar-refractivity contribution in [1.82, 2.24) is 0 Å². The Labute approximate surface area is 199 Å². The summed E-state index contributed by atoms with van der Waals surface area (Å²) in [4.78, 5) is 40.0. The number of hydrogen-bond acceptors (Lipinski definition) is 10. The molecular weight excluding hydrogens is 460 g/mol. The second-order valence-electron chi connectivity index (χ2n) is 10.2. The van der Waals surface area contributed by atoms with Crippen molar-refractivity contribution in [2.24, 2.45) is 0 Å². The zero-order chi connectivity index (χ0) is 25.7. The van der Waals surface area contributed by atoms with E-state index in [0.29, 0.717) is 0 Å². The van der Waals surface area contributed by atoms with E-state index >= 15 is 0 Å². The molecule has 2 fully saturated rings. The van der Waals surface area contributed by atoms with Crippen molar-refractivity contribution in [3.63, 3.8) is 0 Å². The lowest BCUT2D eigenvalue weighted by Gasteiger charge is -2.51. The molecule has 3 aliphatic carbocycles. The van der Waals surface area contributed by atoms with Gasteiger partial charge in [0.25, 0.3) is 0 Å². The molecule has 1 heterocycles. The fourth-order valence-corrected chi connectivity index (χ4v) is 5.82. The number of aliphatic hydroxyl groups excluding tert-OH is 2. The van der Waals surface area contributed by atoms with Crippen LogP contribution in [0.25, 0.3) is 0 Å². The molecule has 7 atom stereocenters. The van der Waals surface area contributed by atoms with Crippen molar-refractivity contribution in [2.75, 3.05) is 0 Å². The van der Waals surface area contributed by atoms with Gasteiger partial charge in [0.2, 0.25) is 0 Å². The van der Waals surface area contributed by atoms with Gasteiger partial charge >= 0.3 is 0 Å². The van der Waals surface area contributed by atoms with Crippen molar-refractivity contribution >= 4 is 17.3 Å². The molecule has 1 aliphatic heterocycles. The number of carbonyl (C=O) groups is 3. The zero-order valence-corrected chi connectivity index (χ0v) is 19.1. The maximum atomic E-state index is 13.5. The molecule has 186 valence electrons. The Morgan fingerprint density at radius 2 is 1.74 bits per heavy atom. The molecule has 1 saturated carbocycles. The maximum absolute atomic E-state index is 13.5. The first-order chi connectivity index (χ1) is 16.2. The van der Waals surface area contributed by atoms with Gasteiger partial charge in [-0.1, -0.05) is 12.1 Å². The standard InChI is InChI=1S/C25H26O10/c1-10-19(28)14(26)7-15(35-10)11-3-4-12-17(20(11)29)21(30)13-5-6-24(33)9-23(2,32)8-16(27)25(24,34)18(13)22(12)31/h3-6,10,14-15,19,26,28-29,32-34H,7-9H2,1-2H3/t10-,14-,15-,19-,23+,24+,25-/m1/s1. The number of phenols is 1. The van der Waals surface area contributed by atoms with Crippen molar-refractivity contribution in [3.8, 4) is 5.75 Å². The third-order valence-corrected chi connectivity index (χ3v) is 7.59. The van der Waals surface area contributed by atoms with Crippen LogP contribution < -0.4 is 0 Å². The average Bonchev–Trinajstić information content (AvgIpc) is 2.75. The molecule has 10 heteroatoms. The van der Waals surface area contributed by atoms with Gasteiger partial charge in [0.15, 0.2) is 23.0 Å². The van der Waals surface area contributed by atoms with Crippen LogP contribution in [0.4, 0.5) is 0 Å². The number of aromatic hydroxyl groups is 1. The van der Waals surface area contributed by atoms with Gasteiger partial charge < -0.3 is 35.4 Å². The first kappa shape index (κ1) is 24.0. The topological polar surface area (TPSA) is 182 Å². The van der Waals surface area contributed by atoms with Gasteiger partial charge in [-0.15, -0.1) is 0 Å². The van der Waals surface area contributed by atoms with Crippen LogP contribution >= 0.6 is 0 Å². The number of ketones is 3. The SMILES string of the molecule is C[C@H]1O[C@@H](c2ccc3c(c2O)C(=O)C2=C(C3=O)[C@]3(O)C(=O)C[C@](C)(O)C[C@@]3(O)C=C2)C[C@@H](O)[C@@H]1O. The lowest BCUT2D eigenvalue weighted by molar-refractivity contribution is -0.183. The monoisotopic (exact) mass is 486 g/mol. The van der Waals surface area contributed by atoms with Gasteiger partial charge in [0.05, 0.1) is 35.0 Å². The number of fused-ring (bicyclic) bond motifs is 3. The number of Topliss-reactive ketones (excluding diaryl/α,β-unsaturated/α-hetero) is 3. The number of phenolic OH excluding ortho intramolecular Hbond substituents is 1. The van der Waals surface area contributed by atoms with E-state index in [-0.39, 0.29) is 28.7 Å². The van der Waals surface area contributed by atoms with Gasteiger partial charge in [-0.05, 0) is 26.0 Å². The van der Waals surface area contributed by atoms with Crippen LogP contribution in [0.1, 0.15) is 65.5 Å². The predicted molar refractivity (Wildman–Crippen MR) is 118 cm³/mol. The highest BCUT2D eigenvalue weighted by Crippen LogP contribution is 2.51. The molecular formula is C25H26O10. The molecule has 0 aromatic heterocycles. The van der Waals surface area contributed by atoms with Gasteiger partial charge in [0, 0.05) is 36.0 Å². The molecule has 0 spiro atoms. The van der Waals surface area contributed by atoms with E-state index in [9.17, 15) is 45.0 Å². The van der Waals surface area contributed by atoms with E-state index in [1.165, 1.54) is 19.1 Å². The Balaban J connectivity index is 1.62. The molecule has 1 saturated heterocycles. The smallest absolute Gasteiger partial charge is 0.198 e. The Morgan fingerprint density at radius 3 is 2.40 bits per heavy atom.